The second-order valence-electron chi connectivity index (χ2n) is 3.37. The number of fused-ring (bicyclic) bond motifs is 1. The van der Waals surface area contributed by atoms with Crippen molar-refractivity contribution >= 4 is 13.8 Å². The van der Waals surface area contributed by atoms with Gasteiger partial charge in [-0.15, -0.1) is 0 Å². The van der Waals surface area contributed by atoms with Crippen LogP contribution in [-0.2, 0) is 14.5 Å². The quantitative estimate of drug-likeness (QED) is 0.619. The fraction of sp³-hybridized carbons (Fsp3) is 0.400. The Balaban J connectivity index is 2.61. The molecule has 64 valence electrons. The van der Waals surface area contributed by atoms with Gasteiger partial charge in [-0.25, -0.2) is 0 Å². The summed E-state index contributed by atoms with van der Waals surface area (Å²) in [5, 5.41) is 1.72. The standard InChI is InChI=1S/C10H12OSe/c1-7-3-4-9-5-12(11)6-10(9)8(7)2/h3-4H,5-6H2,1-2H3. The van der Waals surface area contributed by atoms with Crippen LogP contribution in [0.4, 0.5) is 0 Å². The maximum atomic E-state index is 11.4. The Morgan fingerprint density at radius 3 is 2.75 bits per heavy atom. The van der Waals surface area contributed by atoms with Gasteiger partial charge in [-0.3, -0.25) is 0 Å². The Labute approximate surface area is 76.9 Å². The van der Waals surface area contributed by atoms with Crippen molar-refractivity contribution in [2.45, 2.75) is 24.5 Å². The molecule has 1 nitrogen and oxygen atoms in total. The first-order valence-corrected chi connectivity index (χ1v) is 7.23. The number of benzene rings is 1. The van der Waals surface area contributed by atoms with E-state index in [-0.39, 0.29) is 0 Å². The van der Waals surface area contributed by atoms with Crippen molar-refractivity contribution in [3.05, 3.63) is 34.4 Å². The molecule has 0 amide bonds. The Hall–Kier alpha value is -0.461. The summed E-state index contributed by atoms with van der Waals surface area (Å²) in [7, 11) is 0. The molecule has 2 rings (SSSR count). The third kappa shape index (κ3) is 1.16. The molecule has 1 aliphatic rings. The summed E-state index contributed by atoms with van der Waals surface area (Å²) in [6.07, 6.45) is 0. The van der Waals surface area contributed by atoms with Crippen molar-refractivity contribution < 1.29 is 3.83 Å². The molecular weight excluding hydrogens is 215 g/mol. The van der Waals surface area contributed by atoms with Gasteiger partial charge < -0.3 is 0 Å². The van der Waals surface area contributed by atoms with Gasteiger partial charge >= 0.3 is 76.5 Å². The fourth-order valence-corrected chi connectivity index (χ4v) is 4.68. The molecule has 0 radical (unpaired) electrons. The fourth-order valence-electron chi connectivity index (χ4n) is 1.65. The van der Waals surface area contributed by atoms with E-state index >= 15 is 0 Å². The first-order valence-electron chi connectivity index (χ1n) is 4.11. The summed E-state index contributed by atoms with van der Waals surface area (Å²) in [5.74, 6) is 0. The van der Waals surface area contributed by atoms with Crippen LogP contribution in [0.15, 0.2) is 12.1 Å². The van der Waals surface area contributed by atoms with Gasteiger partial charge in [0.25, 0.3) is 0 Å². The van der Waals surface area contributed by atoms with Crippen molar-refractivity contribution in [1.29, 1.82) is 0 Å². The van der Waals surface area contributed by atoms with Crippen LogP contribution in [0.5, 0.6) is 0 Å². The van der Waals surface area contributed by atoms with Crippen molar-refractivity contribution in [2.75, 3.05) is 0 Å². The summed E-state index contributed by atoms with van der Waals surface area (Å²) in [5.41, 5.74) is 5.39. The average molecular weight is 227 g/mol. The molecule has 1 aromatic rings. The molecule has 0 aliphatic carbocycles. The van der Waals surface area contributed by atoms with E-state index in [1.807, 2.05) is 0 Å². The predicted octanol–water partition coefficient (Wildman–Crippen LogP) is 1.90. The van der Waals surface area contributed by atoms with Crippen LogP contribution in [0.1, 0.15) is 22.3 Å². The molecule has 1 unspecified atom stereocenters. The minimum absolute atomic E-state index is 0.858. The summed E-state index contributed by atoms with van der Waals surface area (Å²) in [6.45, 7) is 4.26. The van der Waals surface area contributed by atoms with Crippen molar-refractivity contribution in [3.8, 4) is 0 Å². The van der Waals surface area contributed by atoms with E-state index < -0.39 is 13.8 Å². The molecule has 1 aliphatic heterocycles. The molecule has 2 heteroatoms. The second-order valence-corrected chi connectivity index (χ2v) is 6.43. The molecule has 0 saturated carbocycles. The summed E-state index contributed by atoms with van der Waals surface area (Å²) in [6, 6.07) is 4.28. The summed E-state index contributed by atoms with van der Waals surface area (Å²) < 4.78 is 11.4. The Morgan fingerprint density at radius 2 is 2.00 bits per heavy atom. The summed E-state index contributed by atoms with van der Waals surface area (Å²) >= 11 is -1.51. The van der Waals surface area contributed by atoms with Gasteiger partial charge in [-0.2, -0.15) is 0 Å². The molecule has 0 N–H and O–H groups in total. The third-order valence-electron chi connectivity index (χ3n) is 2.59. The van der Waals surface area contributed by atoms with E-state index in [1.54, 1.807) is 0 Å². The Bertz CT molecular complexity index is 355. The van der Waals surface area contributed by atoms with Crippen LogP contribution >= 0.6 is 0 Å². The van der Waals surface area contributed by atoms with Crippen LogP contribution < -0.4 is 0 Å². The zero-order chi connectivity index (χ0) is 8.72. The molecule has 0 fully saturated rings. The van der Waals surface area contributed by atoms with Crippen LogP contribution in [-0.4, -0.2) is 13.8 Å². The summed E-state index contributed by atoms with van der Waals surface area (Å²) in [4.78, 5) is 0. The van der Waals surface area contributed by atoms with Crippen LogP contribution in [0.25, 0.3) is 0 Å². The molecule has 0 spiro atoms. The van der Waals surface area contributed by atoms with Gasteiger partial charge in [0, 0.05) is 0 Å². The van der Waals surface area contributed by atoms with Gasteiger partial charge in [0.05, 0.1) is 0 Å². The number of hydrogen-bond donors (Lipinski definition) is 0. The zero-order valence-electron chi connectivity index (χ0n) is 7.39. The van der Waals surface area contributed by atoms with Crippen molar-refractivity contribution in [1.82, 2.24) is 0 Å². The SMILES string of the molecule is Cc1ccc2c(c1C)C[Se](=O)C2. The van der Waals surface area contributed by atoms with Crippen molar-refractivity contribution in [3.63, 3.8) is 0 Å². The number of hydrogen-bond acceptors (Lipinski definition) is 1. The third-order valence-corrected chi connectivity index (χ3v) is 5.20. The molecular formula is C10H12OSe. The molecule has 0 aromatic heterocycles. The van der Waals surface area contributed by atoms with E-state index in [4.69, 9.17) is 0 Å². The maximum absolute atomic E-state index is 11.4. The monoisotopic (exact) mass is 228 g/mol. The molecule has 1 atom stereocenters. The van der Waals surface area contributed by atoms with E-state index in [0.29, 0.717) is 0 Å². The number of aryl methyl sites for hydroxylation is 1. The normalized spacial score (nSPS) is 21.0. The predicted molar refractivity (Wildman–Crippen MR) is 49.8 cm³/mol. The molecule has 1 heterocycles. The van der Waals surface area contributed by atoms with Crippen LogP contribution in [0, 0.1) is 13.8 Å². The van der Waals surface area contributed by atoms with Gasteiger partial charge in [0.1, 0.15) is 0 Å². The molecule has 0 bridgehead atoms. The van der Waals surface area contributed by atoms with Gasteiger partial charge in [-0.1, -0.05) is 0 Å². The van der Waals surface area contributed by atoms with Gasteiger partial charge in [0.2, 0.25) is 0 Å². The minimum atomic E-state index is -1.51. The second kappa shape index (κ2) is 2.79. The average Bonchev–Trinajstić information content (AvgIpc) is 2.39. The topological polar surface area (TPSA) is 17.1 Å². The molecule has 0 saturated heterocycles. The molecule has 12 heavy (non-hydrogen) atoms. The van der Waals surface area contributed by atoms with E-state index in [1.165, 1.54) is 22.3 Å². The Kier molecular flexibility index (Phi) is 1.90. The number of rotatable bonds is 0. The van der Waals surface area contributed by atoms with E-state index in [2.05, 4.69) is 26.0 Å². The van der Waals surface area contributed by atoms with Gasteiger partial charge in [-0.05, 0) is 0 Å². The Morgan fingerprint density at radius 1 is 1.25 bits per heavy atom. The first kappa shape index (κ1) is 8.15. The zero-order valence-corrected chi connectivity index (χ0v) is 9.10. The first-order chi connectivity index (χ1) is 5.68. The van der Waals surface area contributed by atoms with Crippen LogP contribution in [0.2, 0.25) is 0 Å². The van der Waals surface area contributed by atoms with E-state index in [9.17, 15) is 3.83 Å². The van der Waals surface area contributed by atoms with Crippen LogP contribution in [0.3, 0.4) is 0 Å². The van der Waals surface area contributed by atoms with E-state index in [0.717, 1.165) is 10.6 Å². The van der Waals surface area contributed by atoms with Crippen molar-refractivity contribution in [2.24, 2.45) is 0 Å². The molecule has 1 aromatic carbocycles. The van der Waals surface area contributed by atoms with Gasteiger partial charge in [0.15, 0.2) is 0 Å².